The highest BCUT2D eigenvalue weighted by atomic mass is 31.1. The van der Waals surface area contributed by atoms with Crippen molar-refractivity contribution in [3.8, 4) is 11.1 Å². The maximum Gasteiger partial charge on any atom is 0.417 e. The van der Waals surface area contributed by atoms with Crippen molar-refractivity contribution >= 4 is 23.8 Å². The zero-order valence-corrected chi connectivity index (χ0v) is 21.0. The van der Waals surface area contributed by atoms with Crippen molar-refractivity contribution in [2.24, 2.45) is 0 Å². The Bertz CT molecular complexity index is 1480. The van der Waals surface area contributed by atoms with Crippen LogP contribution in [0.15, 0.2) is 91.0 Å². The molecule has 0 saturated carbocycles. The Balaban J connectivity index is 2.24. The number of halogens is 12. The summed E-state index contributed by atoms with van der Waals surface area (Å²) in [6, 6.07) is 14.5. The molecule has 0 N–H and O–H groups in total. The fourth-order valence-corrected chi connectivity index (χ4v) is 6.76. The third-order valence-corrected chi connectivity index (χ3v) is 8.41. The third kappa shape index (κ3) is 6.53. The molecule has 0 aromatic heterocycles. The van der Waals surface area contributed by atoms with E-state index in [9.17, 15) is 52.7 Å². The summed E-state index contributed by atoms with van der Waals surface area (Å²) in [4.78, 5) is 0. The SMILES string of the molecule is FC(F)(F)c1ccc(-c2c(P(c3ccccc3)c3ccccc3)cc(C(F)(F)F)cc2C(F)(F)F)c(C(F)(F)F)c1. The van der Waals surface area contributed by atoms with Gasteiger partial charge in [-0.1, -0.05) is 66.7 Å². The highest BCUT2D eigenvalue weighted by Crippen LogP contribution is 2.49. The van der Waals surface area contributed by atoms with Crippen molar-refractivity contribution in [3.05, 3.63) is 113 Å². The minimum Gasteiger partial charge on any atom is -0.166 e. The van der Waals surface area contributed by atoms with E-state index in [0.29, 0.717) is 6.07 Å². The zero-order valence-electron chi connectivity index (χ0n) is 20.1. The molecule has 0 aliphatic carbocycles. The van der Waals surface area contributed by atoms with Crippen LogP contribution in [0.2, 0.25) is 0 Å². The Morgan fingerprint density at radius 1 is 0.415 bits per heavy atom. The summed E-state index contributed by atoms with van der Waals surface area (Å²) in [5.74, 6) is 0. The van der Waals surface area contributed by atoms with Gasteiger partial charge in [0.2, 0.25) is 0 Å². The average Bonchev–Trinajstić information content (AvgIpc) is 2.87. The number of hydrogen-bond acceptors (Lipinski definition) is 0. The molecule has 0 amide bonds. The molecule has 0 atom stereocenters. The Hall–Kier alpha value is -3.53. The molecule has 0 bridgehead atoms. The van der Waals surface area contributed by atoms with Gasteiger partial charge in [-0.25, -0.2) is 0 Å². The van der Waals surface area contributed by atoms with E-state index in [-0.39, 0.29) is 34.9 Å². The number of benzene rings is 4. The number of alkyl halides is 12. The first-order valence-corrected chi connectivity index (χ1v) is 12.7. The molecular formula is C28H15F12P. The van der Waals surface area contributed by atoms with Gasteiger partial charge in [0, 0.05) is 5.56 Å². The summed E-state index contributed by atoms with van der Waals surface area (Å²) in [7, 11) is -2.39. The minimum atomic E-state index is -5.62. The van der Waals surface area contributed by atoms with E-state index in [2.05, 4.69) is 0 Å². The molecule has 4 aromatic carbocycles. The molecule has 0 fully saturated rings. The normalized spacial score (nSPS) is 13.1. The van der Waals surface area contributed by atoms with Crippen LogP contribution in [0.5, 0.6) is 0 Å². The molecule has 0 spiro atoms. The van der Waals surface area contributed by atoms with Gasteiger partial charge in [-0.3, -0.25) is 0 Å². The first-order chi connectivity index (χ1) is 18.9. The van der Waals surface area contributed by atoms with Crippen molar-refractivity contribution in [1.29, 1.82) is 0 Å². The van der Waals surface area contributed by atoms with Crippen LogP contribution in [-0.2, 0) is 24.7 Å². The first-order valence-electron chi connectivity index (χ1n) is 11.4. The standard InChI is InChI=1S/C28H15F12P/c29-25(30,31)16-11-12-20(21(13-16)27(35,36)37)24-22(28(38,39)40)14-17(26(32,33)34)15-23(24)41(18-7-3-1-4-8-18)19-9-5-2-6-10-19/h1-15H. The summed E-state index contributed by atoms with van der Waals surface area (Å²) in [5, 5.41) is -0.365. The molecule has 13 heteroatoms. The second-order valence-electron chi connectivity index (χ2n) is 8.68. The van der Waals surface area contributed by atoms with Gasteiger partial charge in [0.25, 0.3) is 0 Å². The van der Waals surface area contributed by atoms with Crippen molar-refractivity contribution in [2.45, 2.75) is 24.7 Å². The highest BCUT2D eigenvalue weighted by molar-refractivity contribution is 7.80. The van der Waals surface area contributed by atoms with E-state index in [0.717, 1.165) is 0 Å². The molecule has 4 aromatic rings. The van der Waals surface area contributed by atoms with Gasteiger partial charge in [-0.15, -0.1) is 0 Å². The molecular weight excluding hydrogens is 595 g/mol. The van der Waals surface area contributed by atoms with E-state index in [1.54, 1.807) is 0 Å². The van der Waals surface area contributed by atoms with E-state index < -0.39 is 71.3 Å². The first kappa shape index (κ1) is 30.4. The second kappa shape index (κ2) is 10.7. The molecule has 0 radical (unpaired) electrons. The molecule has 0 aliphatic rings. The third-order valence-electron chi connectivity index (χ3n) is 5.94. The molecule has 0 saturated heterocycles. The average molecular weight is 610 g/mol. The number of hydrogen-bond donors (Lipinski definition) is 0. The topological polar surface area (TPSA) is 0 Å². The van der Waals surface area contributed by atoms with E-state index in [4.69, 9.17) is 0 Å². The number of rotatable bonds is 4. The zero-order chi connectivity index (χ0) is 30.4. The molecule has 0 nitrogen and oxygen atoms in total. The van der Waals surface area contributed by atoms with Crippen LogP contribution < -0.4 is 15.9 Å². The minimum absolute atomic E-state index is 0.166. The lowest BCUT2D eigenvalue weighted by molar-refractivity contribution is -0.145. The van der Waals surface area contributed by atoms with Crippen LogP contribution in [0.3, 0.4) is 0 Å². The second-order valence-corrected chi connectivity index (χ2v) is 10.9. The fourth-order valence-electron chi connectivity index (χ4n) is 4.23. The van der Waals surface area contributed by atoms with Crippen LogP contribution in [0.4, 0.5) is 52.7 Å². The lowest BCUT2D eigenvalue weighted by atomic mass is 9.91. The van der Waals surface area contributed by atoms with Gasteiger partial charge in [0.15, 0.2) is 0 Å². The van der Waals surface area contributed by atoms with Gasteiger partial charge in [-0.2, -0.15) is 52.7 Å². The molecule has 0 heterocycles. The Morgan fingerprint density at radius 3 is 1.27 bits per heavy atom. The van der Waals surface area contributed by atoms with E-state index in [1.807, 2.05) is 0 Å². The summed E-state index contributed by atoms with van der Waals surface area (Å²) in [6.45, 7) is 0. The molecule has 216 valence electrons. The smallest absolute Gasteiger partial charge is 0.166 e. The van der Waals surface area contributed by atoms with Gasteiger partial charge in [0.1, 0.15) is 0 Å². The van der Waals surface area contributed by atoms with E-state index >= 15 is 0 Å². The summed E-state index contributed by atoms with van der Waals surface area (Å²) in [5.41, 5.74) is -10.3. The van der Waals surface area contributed by atoms with Gasteiger partial charge < -0.3 is 0 Å². The van der Waals surface area contributed by atoms with Crippen LogP contribution >= 0.6 is 7.92 Å². The predicted octanol–water partition coefficient (Wildman–Crippen LogP) is 9.19. The Morgan fingerprint density at radius 2 is 0.854 bits per heavy atom. The summed E-state index contributed by atoms with van der Waals surface area (Å²) in [6.07, 6.45) is -21.8. The van der Waals surface area contributed by atoms with Crippen LogP contribution in [0.1, 0.15) is 22.3 Å². The monoisotopic (exact) mass is 610 g/mol. The fraction of sp³-hybridized carbons (Fsp3) is 0.143. The van der Waals surface area contributed by atoms with E-state index in [1.165, 1.54) is 60.7 Å². The van der Waals surface area contributed by atoms with Crippen molar-refractivity contribution in [2.75, 3.05) is 0 Å². The molecule has 0 aliphatic heterocycles. The maximum absolute atomic E-state index is 14.4. The van der Waals surface area contributed by atoms with Gasteiger partial charge in [0.05, 0.1) is 22.3 Å². The maximum atomic E-state index is 14.4. The van der Waals surface area contributed by atoms with Crippen molar-refractivity contribution in [3.63, 3.8) is 0 Å². The largest absolute Gasteiger partial charge is 0.417 e. The lowest BCUT2D eigenvalue weighted by Gasteiger charge is -2.28. The molecule has 4 rings (SSSR count). The lowest BCUT2D eigenvalue weighted by Crippen LogP contribution is -2.27. The van der Waals surface area contributed by atoms with Crippen LogP contribution in [0.25, 0.3) is 11.1 Å². The summed E-state index contributed by atoms with van der Waals surface area (Å²) < 4.78 is 167. The van der Waals surface area contributed by atoms with Crippen LogP contribution in [-0.4, -0.2) is 0 Å². The van der Waals surface area contributed by atoms with Crippen LogP contribution in [0, 0.1) is 0 Å². The van der Waals surface area contributed by atoms with Crippen molar-refractivity contribution < 1.29 is 52.7 Å². The Labute approximate surface area is 226 Å². The molecule has 41 heavy (non-hydrogen) atoms. The molecule has 0 unspecified atom stereocenters. The van der Waals surface area contributed by atoms with Crippen molar-refractivity contribution in [1.82, 2.24) is 0 Å². The van der Waals surface area contributed by atoms with Gasteiger partial charge >= 0.3 is 24.7 Å². The predicted molar refractivity (Wildman–Crippen MR) is 131 cm³/mol. The highest BCUT2D eigenvalue weighted by Gasteiger charge is 2.44. The Kier molecular flexibility index (Phi) is 7.94. The quantitative estimate of drug-likeness (QED) is 0.160. The summed E-state index contributed by atoms with van der Waals surface area (Å²) >= 11 is 0. The van der Waals surface area contributed by atoms with Gasteiger partial charge in [-0.05, 0) is 53.7 Å².